The molecule has 0 bridgehead atoms. The van der Waals surface area contributed by atoms with E-state index in [0.717, 1.165) is 24.0 Å². The summed E-state index contributed by atoms with van der Waals surface area (Å²) in [6.45, 7) is 0.104. The summed E-state index contributed by atoms with van der Waals surface area (Å²) in [5.41, 5.74) is 8.56. The normalized spacial score (nSPS) is 18.5. The van der Waals surface area contributed by atoms with Crippen LogP contribution in [0.4, 0.5) is 5.95 Å². The lowest BCUT2D eigenvalue weighted by molar-refractivity contribution is -0.641. The van der Waals surface area contributed by atoms with Crippen LogP contribution in [-0.2, 0) is 6.42 Å². The van der Waals surface area contributed by atoms with Crippen LogP contribution >= 0.6 is 0 Å². The molecule has 6 heteroatoms. The fraction of sp³-hybridized carbons (Fsp3) is 0.364. The van der Waals surface area contributed by atoms with Crippen LogP contribution in [0.25, 0.3) is 11.0 Å². The number of benzene rings is 1. The highest BCUT2D eigenvalue weighted by molar-refractivity contribution is 5.74. The first-order chi connectivity index (χ1) is 8.19. The van der Waals surface area contributed by atoms with Crippen molar-refractivity contribution in [2.45, 2.75) is 18.8 Å². The summed E-state index contributed by atoms with van der Waals surface area (Å²) in [4.78, 5) is 4.54. The number of hydrogen-bond acceptors (Lipinski definition) is 5. The van der Waals surface area contributed by atoms with Gasteiger partial charge in [0.25, 0.3) is 11.5 Å². The predicted octanol–water partition coefficient (Wildman–Crippen LogP) is -0.133. The monoisotopic (exact) mass is 232 g/mol. The van der Waals surface area contributed by atoms with Crippen LogP contribution in [0.1, 0.15) is 23.5 Å². The number of rotatable bonds is 1. The van der Waals surface area contributed by atoms with Gasteiger partial charge in [0, 0.05) is 18.6 Å². The summed E-state index contributed by atoms with van der Waals surface area (Å²) in [5, 5.41) is 24.4. The van der Waals surface area contributed by atoms with Gasteiger partial charge in [0.05, 0.1) is 5.10 Å². The highest BCUT2D eigenvalue weighted by Crippen LogP contribution is 2.34. The van der Waals surface area contributed by atoms with Crippen molar-refractivity contribution in [3.63, 3.8) is 0 Å². The predicted molar refractivity (Wildman–Crippen MR) is 61.1 cm³/mol. The molecule has 1 aromatic carbocycles. The number of fused-ring (bicyclic) bond motifs is 2. The third-order valence-electron chi connectivity index (χ3n) is 3.29. The molecule has 2 aromatic rings. The molecule has 1 aliphatic rings. The molecule has 1 aromatic heterocycles. The van der Waals surface area contributed by atoms with Gasteiger partial charge in [0.1, 0.15) is 5.52 Å². The molecule has 0 spiro atoms. The molecule has 1 heterocycles. The van der Waals surface area contributed by atoms with Gasteiger partial charge >= 0.3 is 0 Å². The molecule has 17 heavy (non-hydrogen) atoms. The number of hydrogen-bond donors (Lipinski definition) is 2. The number of aryl methyl sites for hydroxylation is 1. The van der Waals surface area contributed by atoms with E-state index >= 15 is 0 Å². The van der Waals surface area contributed by atoms with E-state index in [4.69, 9.17) is 5.73 Å². The Labute approximate surface area is 97.3 Å². The van der Waals surface area contributed by atoms with Crippen LogP contribution in [0.15, 0.2) is 12.1 Å². The largest absolute Gasteiger partial charge is 0.594 e. The first-order valence-electron chi connectivity index (χ1n) is 5.50. The van der Waals surface area contributed by atoms with E-state index < -0.39 is 0 Å². The first-order valence-corrected chi connectivity index (χ1v) is 5.50. The van der Waals surface area contributed by atoms with Crippen LogP contribution in [0.2, 0.25) is 0 Å². The van der Waals surface area contributed by atoms with Gasteiger partial charge in [-0.25, -0.2) is 4.98 Å². The molecule has 0 saturated heterocycles. The van der Waals surface area contributed by atoms with E-state index in [1.807, 2.05) is 6.07 Å². The standard InChI is InChI=1S/C11H12N4O2/c12-11-13-9-3-6-1-2-7(5-16)8(6)4-10(9)15(17)14-11/h3-4,7,16H,1-2,5H2,(H2,12,13,14). The Bertz CT molecular complexity index is 600. The minimum Gasteiger partial charge on any atom is -0.594 e. The molecule has 0 saturated carbocycles. The number of aromatic nitrogens is 3. The molecule has 3 N–H and O–H groups in total. The second-order valence-electron chi connectivity index (χ2n) is 4.30. The lowest BCUT2D eigenvalue weighted by Gasteiger charge is -2.07. The zero-order valence-corrected chi connectivity index (χ0v) is 9.13. The molecule has 0 amide bonds. The number of aliphatic hydroxyl groups excluding tert-OH is 1. The first kappa shape index (κ1) is 10.2. The summed E-state index contributed by atoms with van der Waals surface area (Å²) >= 11 is 0. The molecule has 1 atom stereocenters. The Morgan fingerprint density at radius 2 is 2.35 bits per heavy atom. The van der Waals surface area contributed by atoms with E-state index in [9.17, 15) is 10.3 Å². The van der Waals surface area contributed by atoms with Crippen LogP contribution < -0.4 is 10.6 Å². The zero-order valence-electron chi connectivity index (χ0n) is 9.13. The number of nitrogen functional groups attached to an aromatic ring is 1. The van der Waals surface area contributed by atoms with Crippen molar-refractivity contribution < 1.29 is 9.95 Å². The van der Waals surface area contributed by atoms with Crippen LogP contribution in [0.3, 0.4) is 0 Å². The van der Waals surface area contributed by atoms with E-state index in [2.05, 4.69) is 10.1 Å². The van der Waals surface area contributed by atoms with E-state index in [0.29, 0.717) is 15.9 Å². The highest BCUT2D eigenvalue weighted by Gasteiger charge is 2.25. The highest BCUT2D eigenvalue weighted by atomic mass is 16.5. The molecule has 1 unspecified atom stereocenters. The van der Waals surface area contributed by atoms with E-state index in [1.54, 1.807) is 6.07 Å². The SMILES string of the molecule is Nc1nc2cc3c(cc2[n+]([O-])n1)C(CO)CC3. The number of anilines is 1. The van der Waals surface area contributed by atoms with Gasteiger partial charge in [-0.15, -0.1) is 0 Å². The molecule has 0 fully saturated rings. The Hall–Kier alpha value is -1.95. The number of nitrogens with zero attached hydrogens (tertiary/aromatic N) is 3. The number of nitrogens with two attached hydrogens (primary N) is 1. The second-order valence-corrected chi connectivity index (χ2v) is 4.30. The molecule has 6 nitrogen and oxygen atoms in total. The fourth-order valence-corrected chi connectivity index (χ4v) is 2.44. The van der Waals surface area contributed by atoms with Crippen molar-refractivity contribution >= 4 is 17.0 Å². The molecule has 0 radical (unpaired) electrons. The second kappa shape index (κ2) is 3.53. The fourth-order valence-electron chi connectivity index (χ4n) is 2.44. The Kier molecular flexibility index (Phi) is 2.12. The molecule has 1 aliphatic carbocycles. The smallest absolute Gasteiger partial charge is 0.288 e. The van der Waals surface area contributed by atoms with Crippen LogP contribution in [0.5, 0.6) is 0 Å². The van der Waals surface area contributed by atoms with E-state index in [-0.39, 0.29) is 18.5 Å². The van der Waals surface area contributed by atoms with Crippen molar-refractivity contribution in [2.24, 2.45) is 0 Å². The van der Waals surface area contributed by atoms with Gasteiger partial charge in [-0.1, -0.05) is 0 Å². The van der Waals surface area contributed by atoms with Crippen molar-refractivity contribution in [1.82, 2.24) is 10.1 Å². The zero-order chi connectivity index (χ0) is 12.0. The summed E-state index contributed by atoms with van der Waals surface area (Å²) in [5.74, 6) is 0.0936. The summed E-state index contributed by atoms with van der Waals surface area (Å²) in [6, 6.07) is 3.64. The van der Waals surface area contributed by atoms with Gasteiger partial charge in [-0.3, -0.25) is 0 Å². The Morgan fingerprint density at radius 3 is 3.12 bits per heavy atom. The quantitative estimate of drug-likeness (QED) is 0.527. The maximum Gasteiger partial charge on any atom is 0.288 e. The lowest BCUT2D eigenvalue weighted by atomic mass is 10.0. The number of aliphatic hydroxyl groups is 1. The van der Waals surface area contributed by atoms with Crippen LogP contribution in [0, 0.1) is 5.21 Å². The minimum atomic E-state index is -0.0239. The average Bonchev–Trinajstić information content (AvgIpc) is 2.68. The molecule has 0 aliphatic heterocycles. The maximum absolute atomic E-state index is 11.6. The average molecular weight is 232 g/mol. The van der Waals surface area contributed by atoms with Gasteiger partial charge in [0.15, 0.2) is 0 Å². The third kappa shape index (κ3) is 1.49. The van der Waals surface area contributed by atoms with Crippen molar-refractivity contribution in [3.8, 4) is 0 Å². The summed E-state index contributed by atoms with van der Waals surface area (Å²) < 4.78 is 0. The topological polar surface area (TPSA) is 99.0 Å². The molecule has 3 rings (SSSR count). The van der Waals surface area contributed by atoms with E-state index in [1.165, 1.54) is 0 Å². The van der Waals surface area contributed by atoms with Crippen LogP contribution in [-0.4, -0.2) is 21.8 Å². The minimum absolute atomic E-state index is 0.0239. The molecular formula is C11H12N4O2. The molecular weight excluding hydrogens is 220 g/mol. The summed E-state index contributed by atoms with van der Waals surface area (Å²) in [7, 11) is 0. The lowest BCUT2D eigenvalue weighted by Crippen LogP contribution is -2.33. The van der Waals surface area contributed by atoms with Crippen molar-refractivity contribution in [3.05, 3.63) is 28.5 Å². The van der Waals surface area contributed by atoms with Gasteiger partial charge < -0.3 is 16.0 Å². The van der Waals surface area contributed by atoms with Crippen molar-refractivity contribution in [1.29, 1.82) is 0 Å². The maximum atomic E-state index is 11.6. The van der Waals surface area contributed by atoms with Gasteiger partial charge in [0.2, 0.25) is 0 Å². The van der Waals surface area contributed by atoms with Crippen molar-refractivity contribution in [2.75, 3.05) is 12.3 Å². The van der Waals surface area contributed by atoms with Gasteiger partial charge in [-0.05, 0) is 34.9 Å². The Balaban J connectivity index is 2.28. The molecule has 88 valence electrons. The van der Waals surface area contributed by atoms with Gasteiger partial charge in [-0.2, -0.15) is 0 Å². The third-order valence-corrected chi connectivity index (χ3v) is 3.29. The summed E-state index contributed by atoms with van der Waals surface area (Å²) in [6.07, 6.45) is 1.81. The Morgan fingerprint density at radius 1 is 1.53 bits per heavy atom.